The molecule has 0 aliphatic carbocycles. The zero-order valence-corrected chi connectivity index (χ0v) is 12.6. The summed E-state index contributed by atoms with van der Waals surface area (Å²) < 4.78 is 0. The van der Waals surface area contributed by atoms with E-state index >= 15 is 0 Å². The molecule has 0 N–H and O–H groups in total. The lowest BCUT2D eigenvalue weighted by Gasteiger charge is -2.19. The van der Waals surface area contributed by atoms with Crippen molar-refractivity contribution in [1.29, 1.82) is 0 Å². The molecule has 1 rings (SSSR count). The first-order valence-electron chi connectivity index (χ1n) is 7.19. The molecule has 0 aliphatic heterocycles. The Labute approximate surface area is 121 Å². The summed E-state index contributed by atoms with van der Waals surface area (Å²) in [5.74, 6) is 0.175. The van der Waals surface area contributed by atoms with E-state index in [0.29, 0.717) is 19.3 Å². The Kier molecular flexibility index (Phi) is 6.77. The van der Waals surface area contributed by atoms with E-state index in [2.05, 4.69) is 0 Å². The number of anilines is 1. The predicted octanol–water partition coefficient (Wildman–Crippen LogP) is 2.69. The van der Waals surface area contributed by atoms with Gasteiger partial charge in [-0.3, -0.25) is 9.59 Å². The molecule has 0 bridgehead atoms. The third-order valence-corrected chi connectivity index (χ3v) is 3.42. The Hall–Kier alpha value is -1.84. The first kappa shape index (κ1) is 16.2. The second-order valence-electron chi connectivity index (χ2n) is 4.71. The SMILES string of the molecule is CCN(CC)C(=O)CCCC(=O)N(C)c1ccccc1. The van der Waals surface area contributed by atoms with Crippen molar-refractivity contribution >= 4 is 17.5 Å². The maximum atomic E-state index is 12.0. The number of benzene rings is 1. The number of rotatable bonds is 7. The van der Waals surface area contributed by atoms with Crippen molar-refractivity contribution in [3.05, 3.63) is 30.3 Å². The summed E-state index contributed by atoms with van der Waals surface area (Å²) in [5.41, 5.74) is 0.882. The van der Waals surface area contributed by atoms with Crippen LogP contribution in [0.5, 0.6) is 0 Å². The smallest absolute Gasteiger partial charge is 0.226 e. The second-order valence-corrected chi connectivity index (χ2v) is 4.71. The number of hydrogen-bond acceptors (Lipinski definition) is 2. The molecule has 0 unspecified atom stereocenters. The van der Waals surface area contributed by atoms with Crippen molar-refractivity contribution in [1.82, 2.24) is 4.90 Å². The van der Waals surface area contributed by atoms with Crippen LogP contribution in [0.15, 0.2) is 30.3 Å². The molecule has 0 fully saturated rings. The van der Waals surface area contributed by atoms with Gasteiger partial charge < -0.3 is 9.80 Å². The van der Waals surface area contributed by atoms with Gasteiger partial charge in [-0.25, -0.2) is 0 Å². The van der Waals surface area contributed by atoms with Gasteiger partial charge in [0.1, 0.15) is 0 Å². The zero-order valence-electron chi connectivity index (χ0n) is 12.6. The average molecular weight is 276 g/mol. The van der Waals surface area contributed by atoms with E-state index in [1.165, 1.54) is 0 Å². The third kappa shape index (κ3) is 4.68. The lowest BCUT2D eigenvalue weighted by Crippen LogP contribution is -2.31. The van der Waals surface area contributed by atoms with E-state index in [9.17, 15) is 9.59 Å². The van der Waals surface area contributed by atoms with Crippen molar-refractivity contribution in [2.75, 3.05) is 25.0 Å². The van der Waals surface area contributed by atoms with Gasteiger partial charge in [0.25, 0.3) is 0 Å². The van der Waals surface area contributed by atoms with Gasteiger partial charge in [0.15, 0.2) is 0 Å². The molecule has 0 aromatic heterocycles. The van der Waals surface area contributed by atoms with Crippen molar-refractivity contribution in [2.24, 2.45) is 0 Å². The fraction of sp³-hybridized carbons (Fsp3) is 0.500. The maximum Gasteiger partial charge on any atom is 0.226 e. The topological polar surface area (TPSA) is 40.6 Å². The summed E-state index contributed by atoms with van der Waals surface area (Å²) in [4.78, 5) is 27.3. The molecule has 0 spiro atoms. The number of carbonyl (C=O) groups excluding carboxylic acids is 2. The fourth-order valence-electron chi connectivity index (χ4n) is 2.09. The third-order valence-electron chi connectivity index (χ3n) is 3.42. The molecule has 20 heavy (non-hydrogen) atoms. The summed E-state index contributed by atoms with van der Waals surface area (Å²) in [6, 6.07) is 9.54. The molecule has 0 saturated carbocycles. The van der Waals surface area contributed by atoms with E-state index in [1.807, 2.05) is 44.2 Å². The monoisotopic (exact) mass is 276 g/mol. The minimum atomic E-state index is 0.0450. The Balaban J connectivity index is 2.39. The van der Waals surface area contributed by atoms with Crippen molar-refractivity contribution in [2.45, 2.75) is 33.1 Å². The van der Waals surface area contributed by atoms with Crippen LogP contribution in [0.2, 0.25) is 0 Å². The molecule has 1 aromatic rings. The van der Waals surface area contributed by atoms with Crippen LogP contribution in [-0.4, -0.2) is 36.9 Å². The highest BCUT2D eigenvalue weighted by molar-refractivity contribution is 5.92. The quantitative estimate of drug-likeness (QED) is 0.768. The van der Waals surface area contributed by atoms with E-state index < -0.39 is 0 Å². The second kappa shape index (κ2) is 8.35. The molecule has 0 heterocycles. The minimum Gasteiger partial charge on any atom is -0.343 e. The number of para-hydroxylation sites is 1. The van der Waals surface area contributed by atoms with Gasteiger partial charge in [0, 0.05) is 38.7 Å². The Morgan fingerprint density at radius 3 is 2.05 bits per heavy atom. The highest BCUT2D eigenvalue weighted by atomic mass is 16.2. The van der Waals surface area contributed by atoms with Crippen LogP contribution >= 0.6 is 0 Å². The molecular formula is C16H24N2O2. The Morgan fingerprint density at radius 2 is 1.50 bits per heavy atom. The summed E-state index contributed by atoms with van der Waals surface area (Å²) >= 11 is 0. The van der Waals surface area contributed by atoms with Crippen LogP contribution < -0.4 is 4.90 Å². The van der Waals surface area contributed by atoms with E-state index in [0.717, 1.165) is 18.8 Å². The van der Waals surface area contributed by atoms with Crippen LogP contribution in [0.1, 0.15) is 33.1 Å². The van der Waals surface area contributed by atoms with Crippen LogP contribution in [0.4, 0.5) is 5.69 Å². The summed E-state index contributed by atoms with van der Waals surface area (Å²) in [7, 11) is 1.77. The standard InChI is InChI=1S/C16H24N2O2/c1-4-18(5-2)16(20)13-9-12-15(19)17(3)14-10-7-6-8-11-14/h6-8,10-11H,4-5,9,12-13H2,1-3H3. The Bertz CT molecular complexity index is 427. The number of hydrogen-bond donors (Lipinski definition) is 0. The molecule has 0 aliphatic rings. The van der Waals surface area contributed by atoms with Crippen molar-refractivity contribution in [3.8, 4) is 0 Å². The van der Waals surface area contributed by atoms with Gasteiger partial charge in [-0.05, 0) is 32.4 Å². The number of nitrogens with zero attached hydrogens (tertiary/aromatic N) is 2. The maximum absolute atomic E-state index is 12.0. The summed E-state index contributed by atoms with van der Waals surface area (Å²) in [6.07, 6.45) is 1.44. The molecule has 4 heteroatoms. The van der Waals surface area contributed by atoms with Gasteiger partial charge in [-0.2, -0.15) is 0 Å². The first-order valence-corrected chi connectivity index (χ1v) is 7.19. The van der Waals surface area contributed by atoms with Gasteiger partial charge in [-0.15, -0.1) is 0 Å². The lowest BCUT2D eigenvalue weighted by atomic mass is 10.2. The minimum absolute atomic E-state index is 0.0450. The molecule has 1 aromatic carbocycles. The van der Waals surface area contributed by atoms with E-state index in [-0.39, 0.29) is 11.8 Å². The molecule has 2 amide bonds. The molecule has 0 radical (unpaired) electrons. The van der Waals surface area contributed by atoms with Gasteiger partial charge in [-0.1, -0.05) is 18.2 Å². The van der Waals surface area contributed by atoms with E-state index in [1.54, 1.807) is 16.8 Å². The van der Waals surface area contributed by atoms with E-state index in [4.69, 9.17) is 0 Å². The first-order chi connectivity index (χ1) is 9.60. The predicted molar refractivity (Wildman–Crippen MR) is 81.6 cm³/mol. The summed E-state index contributed by atoms with van der Waals surface area (Å²) in [5, 5.41) is 0. The molecule has 110 valence electrons. The molecular weight excluding hydrogens is 252 g/mol. The fourth-order valence-corrected chi connectivity index (χ4v) is 2.09. The molecule has 4 nitrogen and oxygen atoms in total. The average Bonchev–Trinajstić information content (AvgIpc) is 2.48. The molecule has 0 saturated heterocycles. The van der Waals surface area contributed by atoms with Gasteiger partial charge in [0.05, 0.1) is 0 Å². The number of amides is 2. The van der Waals surface area contributed by atoms with Gasteiger partial charge >= 0.3 is 0 Å². The van der Waals surface area contributed by atoms with Crippen LogP contribution in [0.25, 0.3) is 0 Å². The zero-order chi connectivity index (χ0) is 15.0. The lowest BCUT2D eigenvalue weighted by molar-refractivity contribution is -0.131. The number of carbonyl (C=O) groups is 2. The van der Waals surface area contributed by atoms with Crippen LogP contribution in [0.3, 0.4) is 0 Å². The normalized spacial score (nSPS) is 10.2. The van der Waals surface area contributed by atoms with Crippen molar-refractivity contribution in [3.63, 3.8) is 0 Å². The molecule has 0 atom stereocenters. The van der Waals surface area contributed by atoms with Crippen molar-refractivity contribution < 1.29 is 9.59 Å². The highest BCUT2D eigenvalue weighted by Gasteiger charge is 2.13. The largest absolute Gasteiger partial charge is 0.343 e. The van der Waals surface area contributed by atoms with Crippen LogP contribution in [0, 0.1) is 0 Å². The highest BCUT2D eigenvalue weighted by Crippen LogP contribution is 2.13. The summed E-state index contributed by atoms with van der Waals surface area (Å²) in [6.45, 7) is 5.39. The van der Waals surface area contributed by atoms with Crippen LogP contribution in [-0.2, 0) is 9.59 Å². The van der Waals surface area contributed by atoms with Gasteiger partial charge in [0.2, 0.25) is 11.8 Å². The Morgan fingerprint density at radius 1 is 0.950 bits per heavy atom.